The van der Waals surface area contributed by atoms with Crippen LogP contribution in [-0.2, 0) is 4.74 Å². The number of morpholine rings is 1. The average Bonchev–Trinajstić information content (AvgIpc) is 2.69. The molecule has 1 aliphatic rings. The van der Waals surface area contributed by atoms with E-state index in [2.05, 4.69) is 10.3 Å². The number of aromatic nitrogens is 1. The van der Waals surface area contributed by atoms with Crippen LogP contribution in [0.15, 0.2) is 42.6 Å². The van der Waals surface area contributed by atoms with Gasteiger partial charge in [-0.15, -0.1) is 0 Å². The van der Waals surface area contributed by atoms with Crippen molar-refractivity contribution in [1.82, 2.24) is 10.3 Å². The molecule has 7 heteroatoms. The van der Waals surface area contributed by atoms with Gasteiger partial charge in [0.1, 0.15) is 18.1 Å². The zero-order chi connectivity index (χ0) is 18.2. The number of nitrogens with zero attached hydrogens (tertiary/aromatic N) is 1. The molecule has 7 nitrogen and oxygen atoms in total. The second kappa shape index (κ2) is 9.07. The average molecular weight is 354 g/mol. The van der Waals surface area contributed by atoms with E-state index in [4.69, 9.17) is 25.0 Å². The van der Waals surface area contributed by atoms with Gasteiger partial charge in [0.25, 0.3) is 0 Å². The van der Waals surface area contributed by atoms with Crippen LogP contribution in [0, 0.1) is 10.8 Å². The summed E-state index contributed by atoms with van der Waals surface area (Å²) in [7, 11) is 0. The van der Waals surface area contributed by atoms with Gasteiger partial charge in [0.2, 0.25) is 5.88 Å². The quantitative estimate of drug-likeness (QED) is 0.633. The molecule has 1 fully saturated rings. The minimum Gasteiger partial charge on any atom is -0.492 e. The molecular formula is C19H22N4O3. The van der Waals surface area contributed by atoms with Crippen LogP contribution in [0.1, 0.15) is 12.0 Å². The first-order valence-electron chi connectivity index (χ1n) is 8.49. The molecule has 0 amide bonds. The molecule has 0 bridgehead atoms. The highest BCUT2D eigenvalue weighted by molar-refractivity contribution is 6.04. The second-order valence-corrected chi connectivity index (χ2v) is 5.88. The van der Waals surface area contributed by atoms with Crippen LogP contribution in [0.2, 0.25) is 0 Å². The van der Waals surface area contributed by atoms with E-state index in [1.807, 2.05) is 24.3 Å². The Morgan fingerprint density at radius 1 is 1.23 bits per heavy atom. The van der Waals surface area contributed by atoms with Crippen molar-refractivity contribution in [2.24, 2.45) is 0 Å². The molecule has 1 atom stereocenters. The molecule has 1 aromatic heterocycles. The predicted octanol–water partition coefficient (Wildman–Crippen LogP) is 2.65. The Bertz CT molecular complexity index is 725. The van der Waals surface area contributed by atoms with Crippen LogP contribution in [0.25, 0.3) is 0 Å². The van der Waals surface area contributed by atoms with Gasteiger partial charge in [-0.25, -0.2) is 4.98 Å². The maximum Gasteiger partial charge on any atom is 0.219 e. The number of hydrogen-bond donors (Lipinski definition) is 3. The Labute approximate surface area is 152 Å². The van der Waals surface area contributed by atoms with Crippen molar-refractivity contribution in [1.29, 1.82) is 10.8 Å². The summed E-state index contributed by atoms with van der Waals surface area (Å²) < 4.78 is 16.9. The molecule has 0 spiro atoms. The van der Waals surface area contributed by atoms with Crippen molar-refractivity contribution >= 4 is 11.9 Å². The lowest BCUT2D eigenvalue weighted by atomic mass is 10.1. The SMILES string of the molecule is N=CCC(=N)c1ccc(Oc2ccc(OCC3COCCN3)cc2)nc1. The summed E-state index contributed by atoms with van der Waals surface area (Å²) >= 11 is 0. The van der Waals surface area contributed by atoms with E-state index in [0.717, 1.165) is 18.9 Å². The van der Waals surface area contributed by atoms with Gasteiger partial charge in [0, 0.05) is 42.7 Å². The summed E-state index contributed by atoms with van der Waals surface area (Å²) in [5, 5.41) is 18.2. The number of hydrogen-bond acceptors (Lipinski definition) is 7. The van der Waals surface area contributed by atoms with Gasteiger partial charge in [0.05, 0.1) is 19.3 Å². The number of ether oxygens (including phenoxy) is 3. The highest BCUT2D eigenvalue weighted by Crippen LogP contribution is 2.23. The van der Waals surface area contributed by atoms with E-state index in [-0.39, 0.29) is 6.04 Å². The number of nitrogens with one attached hydrogen (secondary N) is 3. The standard InChI is InChI=1S/C19H22N4O3/c20-8-7-18(21)14-1-6-19(23-11-14)26-17-4-2-16(3-5-17)25-13-15-12-24-10-9-22-15/h1-6,8,11,15,20-22H,7,9-10,12-13H2. The van der Waals surface area contributed by atoms with Crippen LogP contribution in [0.4, 0.5) is 0 Å². The summed E-state index contributed by atoms with van der Waals surface area (Å²) in [6, 6.07) is 11.1. The molecule has 0 aliphatic carbocycles. The topological polar surface area (TPSA) is 100 Å². The van der Waals surface area contributed by atoms with Gasteiger partial charge < -0.3 is 30.3 Å². The van der Waals surface area contributed by atoms with Crippen LogP contribution in [0.3, 0.4) is 0 Å². The summed E-state index contributed by atoms with van der Waals surface area (Å²) in [4.78, 5) is 4.21. The van der Waals surface area contributed by atoms with E-state index < -0.39 is 0 Å². The molecule has 0 radical (unpaired) electrons. The smallest absolute Gasteiger partial charge is 0.219 e. The minimum absolute atomic E-state index is 0.216. The molecule has 2 heterocycles. The monoisotopic (exact) mass is 354 g/mol. The first-order valence-corrected chi connectivity index (χ1v) is 8.49. The van der Waals surface area contributed by atoms with Crippen molar-refractivity contribution in [3.05, 3.63) is 48.2 Å². The lowest BCUT2D eigenvalue weighted by molar-refractivity contribution is 0.0592. The van der Waals surface area contributed by atoms with E-state index in [1.165, 1.54) is 6.21 Å². The Balaban J connectivity index is 1.52. The molecule has 1 unspecified atom stereocenters. The Hall–Kier alpha value is -2.77. The summed E-state index contributed by atoms with van der Waals surface area (Å²) in [6.07, 6.45) is 3.08. The normalized spacial score (nSPS) is 16.7. The Kier molecular flexibility index (Phi) is 6.29. The largest absolute Gasteiger partial charge is 0.492 e. The molecule has 0 saturated carbocycles. The van der Waals surface area contributed by atoms with Crippen molar-refractivity contribution in [2.75, 3.05) is 26.4 Å². The van der Waals surface area contributed by atoms with Gasteiger partial charge in [-0.2, -0.15) is 0 Å². The van der Waals surface area contributed by atoms with E-state index in [9.17, 15) is 0 Å². The van der Waals surface area contributed by atoms with Crippen LogP contribution < -0.4 is 14.8 Å². The Morgan fingerprint density at radius 2 is 2.04 bits per heavy atom. The predicted molar refractivity (Wildman–Crippen MR) is 99.1 cm³/mol. The molecular weight excluding hydrogens is 332 g/mol. The zero-order valence-electron chi connectivity index (χ0n) is 14.4. The van der Waals surface area contributed by atoms with Crippen molar-refractivity contribution in [3.8, 4) is 17.4 Å². The minimum atomic E-state index is 0.216. The van der Waals surface area contributed by atoms with E-state index in [0.29, 0.717) is 42.5 Å². The number of pyridine rings is 1. The summed E-state index contributed by atoms with van der Waals surface area (Å²) in [5.74, 6) is 1.88. The first kappa shape index (κ1) is 18.0. The molecule has 26 heavy (non-hydrogen) atoms. The second-order valence-electron chi connectivity index (χ2n) is 5.88. The Morgan fingerprint density at radius 3 is 2.69 bits per heavy atom. The fourth-order valence-corrected chi connectivity index (χ4v) is 2.49. The van der Waals surface area contributed by atoms with Gasteiger partial charge >= 0.3 is 0 Å². The van der Waals surface area contributed by atoms with Crippen LogP contribution in [0.5, 0.6) is 17.4 Å². The van der Waals surface area contributed by atoms with E-state index >= 15 is 0 Å². The molecule has 3 N–H and O–H groups in total. The maximum absolute atomic E-state index is 7.80. The van der Waals surface area contributed by atoms with Gasteiger partial charge in [-0.1, -0.05) is 0 Å². The van der Waals surface area contributed by atoms with Crippen molar-refractivity contribution in [2.45, 2.75) is 12.5 Å². The summed E-state index contributed by atoms with van der Waals surface area (Å²) in [5.41, 5.74) is 1.04. The van der Waals surface area contributed by atoms with Crippen LogP contribution >= 0.6 is 0 Å². The third-order valence-electron chi connectivity index (χ3n) is 3.89. The van der Waals surface area contributed by atoms with Gasteiger partial charge in [-0.3, -0.25) is 0 Å². The summed E-state index contributed by atoms with van der Waals surface area (Å²) in [6.45, 7) is 2.83. The zero-order valence-corrected chi connectivity index (χ0v) is 14.4. The highest BCUT2D eigenvalue weighted by Gasteiger charge is 2.13. The lowest BCUT2D eigenvalue weighted by Crippen LogP contribution is -2.44. The maximum atomic E-state index is 7.80. The van der Waals surface area contributed by atoms with Gasteiger partial charge in [0.15, 0.2) is 0 Å². The van der Waals surface area contributed by atoms with Gasteiger partial charge in [-0.05, 0) is 30.3 Å². The molecule has 3 rings (SSSR count). The highest BCUT2D eigenvalue weighted by atomic mass is 16.5. The van der Waals surface area contributed by atoms with Crippen LogP contribution in [-0.4, -0.2) is 49.3 Å². The fourth-order valence-electron chi connectivity index (χ4n) is 2.49. The molecule has 136 valence electrons. The van der Waals surface area contributed by atoms with E-state index in [1.54, 1.807) is 18.3 Å². The number of rotatable bonds is 8. The third kappa shape index (κ3) is 5.11. The number of benzene rings is 1. The van der Waals surface area contributed by atoms with Crippen molar-refractivity contribution in [3.63, 3.8) is 0 Å². The van der Waals surface area contributed by atoms with Crippen molar-refractivity contribution < 1.29 is 14.2 Å². The molecule has 1 aromatic carbocycles. The molecule has 1 aliphatic heterocycles. The molecule has 2 aromatic rings. The third-order valence-corrected chi connectivity index (χ3v) is 3.89. The first-order chi connectivity index (χ1) is 12.7. The molecule has 1 saturated heterocycles. The lowest BCUT2D eigenvalue weighted by Gasteiger charge is -2.23. The fraction of sp³-hybridized carbons (Fsp3) is 0.316.